The molecule has 0 aromatic heterocycles. The van der Waals surface area contributed by atoms with Gasteiger partial charge in [-0.2, -0.15) is 0 Å². The second-order valence-corrected chi connectivity index (χ2v) is 3.37. The van der Waals surface area contributed by atoms with Crippen LogP contribution in [0.3, 0.4) is 0 Å². The lowest BCUT2D eigenvalue weighted by molar-refractivity contribution is 0.0521. The summed E-state index contributed by atoms with van der Waals surface area (Å²) in [6.45, 7) is 0. The lowest BCUT2D eigenvalue weighted by Crippen LogP contribution is -2.20. The van der Waals surface area contributed by atoms with Gasteiger partial charge in [-0.1, -0.05) is 0 Å². The van der Waals surface area contributed by atoms with Gasteiger partial charge in [-0.3, -0.25) is 0 Å². The maximum absolute atomic E-state index is 9.54. The summed E-state index contributed by atoms with van der Waals surface area (Å²) in [6.07, 6.45) is 5.84. The molecule has 0 spiro atoms. The highest BCUT2D eigenvalue weighted by Gasteiger charge is 2.42. The van der Waals surface area contributed by atoms with E-state index >= 15 is 0 Å². The van der Waals surface area contributed by atoms with Gasteiger partial charge in [0.25, 0.3) is 0 Å². The van der Waals surface area contributed by atoms with E-state index in [-0.39, 0.29) is 5.60 Å². The first-order valence-corrected chi connectivity index (χ1v) is 3.51. The molecular formula is C7H12O. The minimum atomic E-state index is -0.190. The molecule has 1 N–H and O–H groups in total. The first-order valence-electron chi connectivity index (χ1n) is 3.51. The van der Waals surface area contributed by atoms with Crippen LogP contribution in [0.5, 0.6) is 0 Å². The normalized spacial score (nSPS) is 52.9. The van der Waals surface area contributed by atoms with Gasteiger partial charge in [0, 0.05) is 0 Å². The Labute approximate surface area is 49.7 Å². The summed E-state index contributed by atoms with van der Waals surface area (Å²) >= 11 is 0. The van der Waals surface area contributed by atoms with Crippen molar-refractivity contribution in [2.24, 2.45) is 5.92 Å². The lowest BCUT2D eigenvalue weighted by atomic mass is 9.98. The molecule has 0 aromatic rings. The van der Waals surface area contributed by atoms with Crippen molar-refractivity contribution < 1.29 is 5.11 Å². The molecule has 1 nitrogen and oxygen atoms in total. The van der Waals surface area contributed by atoms with E-state index in [2.05, 4.69) is 0 Å². The minimum absolute atomic E-state index is 0.190. The second-order valence-electron chi connectivity index (χ2n) is 3.37. The van der Waals surface area contributed by atoms with Gasteiger partial charge in [0.05, 0.1) is 5.60 Å². The van der Waals surface area contributed by atoms with Crippen LogP contribution >= 0.6 is 0 Å². The van der Waals surface area contributed by atoms with Gasteiger partial charge < -0.3 is 5.11 Å². The average Bonchev–Trinajstić information content (AvgIpc) is 2.21. The number of hydrogen-bond acceptors (Lipinski definition) is 1. The van der Waals surface area contributed by atoms with Gasteiger partial charge in [-0.05, 0) is 38.0 Å². The molecule has 2 aliphatic carbocycles. The maximum atomic E-state index is 9.54. The summed E-state index contributed by atoms with van der Waals surface area (Å²) in [6, 6.07) is 0. The molecule has 0 saturated heterocycles. The summed E-state index contributed by atoms with van der Waals surface area (Å²) in [7, 11) is 0. The molecule has 0 amide bonds. The van der Waals surface area contributed by atoms with Gasteiger partial charge in [-0.25, -0.2) is 0 Å². The second kappa shape index (κ2) is 1.27. The molecule has 8 heavy (non-hydrogen) atoms. The summed E-state index contributed by atoms with van der Waals surface area (Å²) in [5.74, 6) is 0.889. The Morgan fingerprint density at radius 1 is 1.25 bits per heavy atom. The van der Waals surface area contributed by atoms with Crippen LogP contribution in [0.25, 0.3) is 0 Å². The predicted octanol–water partition coefficient (Wildman–Crippen LogP) is 1.31. The molecule has 0 unspecified atom stereocenters. The van der Waals surface area contributed by atoms with Crippen molar-refractivity contribution in [1.29, 1.82) is 0 Å². The van der Waals surface area contributed by atoms with Crippen LogP contribution in [0.2, 0.25) is 0 Å². The van der Waals surface area contributed by atoms with Gasteiger partial charge in [-0.15, -0.1) is 0 Å². The summed E-state index contributed by atoms with van der Waals surface area (Å²) in [5.41, 5.74) is -0.190. The molecule has 1 heteroatoms. The van der Waals surface area contributed by atoms with Crippen molar-refractivity contribution in [2.75, 3.05) is 0 Å². The number of aliphatic hydroxyl groups is 1. The Balaban J connectivity index is 2.19. The fraction of sp³-hybridized carbons (Fsp3) is 1.00. The molecule has 0 radical (unpaired) electrons. The maximum Gasteiger partial charge on any atom is 0.0650 e. The fourth-order valence-electron chi connectivity index (χ4n) is 2.16. The van der Waals surface area contributed by atoms with Crippen molar-refractivity contribution in [2.45, 2.75) is 37.7 Å². The zero-order chi connectivity index (χ0) is 5.61. The number of fused-ring (bicyclic) bond motifs is 2. The van der Waals surface area contributed by atoms with E-state index in [1.165, 1.54) is 12.8 Å². The molecule has 2 bridgehead atoms. The van der Waals surface area contributed by atoms with E-state index in [9.17, 15) is 5.11 Å². The SMILES string of the molecule is O[C@]12CC[C@@H](CC1)C2. The first kappa shape index (κ1) is 4.80. The Hall–Kier alpha value is -0.0400. The minimum Gasteiger partial charge on any atom is -0.390 e. The van der Waals surface area contributed by atoms with E-state index in [1.54, 1.807) is 0 Å². The zero-order valence-electron chi connectivity index (χ0n) is 5.06. The van der Waals surface area contributed by atoms with Gasteiger partial charge in [0.1, 0.15) is 0 Å². The summed E-state index contributed by atoms with van der Waals surface area (Å²) in [5, 5.41) is 9.54. The van der Waals surface area contributed by atoms with Crippen LogP contribution in [0.1, 0.15) is 32.1 Å². The van der Waals surface area contributed by atoms with Crippen LogP contribution in [0.15, 0.2) is 0 Å². The van der Waals surface area contributed by atoms with Crippen LogP contribution in [0, 0.1) is 5.92 Å². The standard InChI is InChI=1S/C7H12O/c8-7-3-1-6(5-7)2-4-7/h6,8H,1-5H2/t6-,7+. The molecule has 2 saturated carbocycles. The smallest absolute Gasteiger partial charge is 0.0650 e. The summed E-state index contributed by atoms with van der Waals surface area (Å²) in [4.78, 5) is 0. The average molecular weight is 112 g/mol. The molecule has 0 atom stereocenters. The van der Waals surface area contributed by atoms with E-state index in [0.717, 1.165) is 25.2 Å². The van der Waals surface area contributed by atoms with Gasteiger partial charge >= 0.3 is 0 Å². The van der Waals surface area contributed by atoms with Crippen molar-refractivity contribution in [3.63, 3.8) is 0 Å². The highest BCUT2D eigenvalue weighted by atomic mass is 16.3. The molecule has 2 fully saturated rings. The zero-order valence-corrected chi connectivity index (χ0v) is 5.06. The Bertz CT molecular complexity index is 101. The highest BCUT2D eigenvalue weighted by Crippen LogP contribution is 2.47. The van der Waals surface area contributed by atoms with Crippen molar-refractivity contribution >= 4 is 0 Å². The van der Waals surface area contributed by atoms with Crippen molar-refractivity contribution in [3.05, 3.63) is 0 Å². The third-order valence-corrected chi connectivity index (χ3v) is 2.70. The van der Waals surface area contributed by atoms with E-state index in [0.29, 0.717) is 0 Å². The van der Waals surface area contributed by atoms with Crippen LogP contribution in [0.4, 0.5) is 0 Å². The third-order valence-electron chi connectivity index (χ3n) is 2.70. The predicted molar refractivity (Wildman–Crippen MR) is 31.5 cm³/mol. The molecule has 2 rings (SSSR count). The molecule has 46 valence electrons. The van der Waals surface area contributed by atoms with E-state index < -0.39 is 0 Å². The quantitative estimate of drug-likeness (QED) is 0.501. The molecule has 0 heterocycles. The third kappa shape index (κ3) is 0.510. The molecule has 0 aromatic carbocycles. The highest BCUT2D eigenvalue weighted by molar-refractivity contribution is 4.95. The summed E-state index contributed by atoms with van der Waals surface area (Å²) < 4.78 is 0. The Kier molecular flexibility index (Phi) is 0.762. The topological polar surface area (TPSA) is 20.2 Å². The van der Waals surface area contributed by atoms with Gasteiger partial charge in [0.2, 0.25) is 0 Å². The largest absolute Gasteiger partial charge is 0.390 e. The van der Waals surface area contributed by atoms with Crippen LogP contribution in [-0.2, 0) is 0 Å². The monoisotopic (exact) mass is 112 g/mol. The van der Waals surface area contributed by atoms with Gasteiger partial charge in [0.15, 0.2) is 0 Å². The van der Waals surface area contributed by atoms with Crippen molar-refractivity contribution in [3.8, 4) is 0 Å². The molecular weight excluding hydrogens is 100 g/mol. The molecule has 0 aliphatic heterocycles. The number of rotatable bonds is 0. The Morgan fingerprint density at radius 3 is 2.00 bits per heavy atom. The first-order chi connectivity index (χ1) is 3.79. The van der Waals surface area contributed by atoms with E-state index in [4.69, 9.17) is 0 Å². The van der Waals surface area contributed by atoms with Crippen molar-refractivity contribution in [1.82, 2.24) is 0 Å². The molecule has 2 aliphatic rings. The van der Waals surface area contributed by atoms with Crippen LogP contribution in [-0.4, -0.2) is 10.7 Å². The lowest BCUT2D eigenvalue weighted by Gasteiger charge is -2.17. The van der Waals surface area contributed by atoms with Crippen LogP contribution < -0.4 is 0 Å². The Morgan fingerprint density at radius 2 is 1.88 bits per heavy atom. The number of hydrogen-bond donors (Lipinski definition) is 1. The van der Waals surface area contributed by atoms with E-state index in [1.807, 2.05) is 0 Å². The fourth-order valence-corrected chi connectivity index (χ4v) is 2.16.